The fourth-order valence-electron chi connectivity index (χ4n) is 7.10. The summed E-state index contributed by atoms with van der Waals surface area (Å²) < 4.78 is 0. The molecular formula is C32H28N2O2. The van der Waals surface area contributed by atoms with E-state index in [2.05, 4.69) is 18.1 Å². The lowest BCUT2D eigenvalue weighted by molar-refractivity contribution is 0.472. The lowest BCUT2D eigenvalue weighted by Gasteiger charge is -2.16. The summed E-state index contributed by atoms with van der Waals surface area (Å²) in [5.74, 6) is 5.63. The van der Waals surface area contributed by atoms with Gasteiger partial charge in [-0.25, -0.2) is 0 Å². The lowest BCUT2D eigenvalue weighted by atomic mass is 9.90. The SMILES string of the molecule is C#Cc1ccc(N=Cc2cc3c(cc2O)C2CCC3C2)c(N=Cc2cc3c(cc2O)C2CCC3C2)c1. The highest BCUT2D eigenvalue weighted by molar-refractivity contribution is 5.90. The number of aliphatic imine (C=N–C) groups is 2. The highest BCUT2D eigenvalue weighted by atomic mass is 16.3. The summed E-state index contributed by atoms with van der Waals surface area (Å²) >= 11 is 0. The molecule has 0 saturated heterocycles. The van der Waals surface area contributed by atoms with Gasteiger partial charge in [0.15, 0.2) is 0 Å². The van der Waals surface area contributed by atoms with Crippen molar-refractivity contribution in [2.45, 2.75) is 62.2 Å². The van der Waals surface area contributed by atoms with Crippen molar-refractivity contribution in [2.24, 2.45) is 9.98 Å². The molecule has 4 unspecified atom stereocenters. The number of nitrogens with zero attached hydrogens (tertiary/aromatic N) is 2. The second-order valence-corrected chi connectivity index (χ2v) is 10.9. The molecule has 4 heteroatoms. The van der Waals surface area contributed by atoms with E-state index in [-0.39, 0.29) is 11.5 Å². The van der Waals surface area contributed by atoms with Crippen LogP contribution in [0.2, 0.25) is 0 Å². The van der Waals surface area contributed by atoms with Gasteiger partial charge in [0.2, 0.25) is 0 Å². The first kappa shape index (κ1) is 21.4. The zero-order valence-corrected chi connectivity index (χ0v) is 20.1. The van der Waals surface area contributed by atoms with Crippen molar-refractivity contribution in [2.75, 3.05) is 0 Å². The second-order valence-electron chi connectivity index (χ2n) is 10.9. The first-order valence-electron chi connectivity index (χ1n) is 13.0. The molecule has 0 aromatic heterocycles. The maximum Gasteiger partial charge on any atom is 0.124 e. The van der Waals surface area contributed by atoms with Crippen LogP contribution in [0.1, 0.15) is 101 Å². The Morgan fingerprint density at radius 2 is 1.14 bits per heavy atom. The normalized spacial score (nSPS) is 25.1. The van der Waals surface area contributed by atoms with Crippen molar-refractivity contribution in [1.82, 2.24) is 0 Å². The lowest BCUT2D eigenvalue weighted by Crippen LogP contribution is -1.99. The molecule has 3 aromatic carbocycles. The molecular weight excluding hydrogens is 444 g/mol. The van der Waals surface area contributed by atoms with Gasteiger partial charge >= 0.3 is 0 Å². The van der Waals surface area contributed by atoms with E-state index in [9.17, 15) is 10.2 Å². The van der Waals surface area contributed by atoms with Crippen LogP contribution < -0.4 is 0 Å². The minimum absolute atomic E-state index is 0.264. The fraction of sp³-hybridized carbons (Fsp3) is 0.312. The monoisotopic (exact) mass is 472 g/mol. The summed E-state index contributed by atoms with van der Waals surface area (Å²) in [5.41, 5.74) is 8.79. The van der Waals surface area contributed by atoms with E-state index in [0.717, 1.165) is 5.56 Å². The average molecular weight is 473 g/mol. The number of hydrogen-bond acceptors (Lipinski definition) is 4. The Bertz CT molecular complexity index is 1510. The van der Waals surface area contributed by atoms with Gasteiger partial charge in [-0.2, -0.15) is 0 Å². The Kier molecular flexibility index (Phi) is 4.82. The zero-order valence-electron chi connectivity index (χ0n) is 20.1. The first-order valence-corrected chi connectivity index (χ1v) is 13.0. The van der Waals surface area contributed by atoms with Crippen LogP contribution in [0.15, 0.2) is 52.4 Å². The molecule has 0 radical (unpaired) electrons. The summed E-state index contributed by atoms with van der Waals surface area (Å²) in [6, 6.07) is 13.6. The number of phenols is 2. The maximum atomic E-state index is 10.7. The van der Waals surface area contributed by atoms with Crippen LogP contribution in [0.25, 0.3) is 0 Å². The summed E-state index contributed by atoms with van der Waals surface area (Å²) in [6.45, 7) is 0. The molecule has 4 bridgehead atoms. The zero-order chi connectivity index (χ0) is 24.4. The molecule has 0 aliphatic heterocycles. The van der Waals surface area contributed by atoms with Gasteiger partial charge in [0, 0.05) is 29.1 Å². The smallest absolute Gasteiger partial charge is 0.124 e. The maximum absolute atomic E-state index is 10.7. The average Bonchev–Trinajstić information content (AvgIpc) is 3.68. The summed E-state index contributed by atoms with van der Waals surface area (Å²) in [5, 5.41) is 21.3. The number of benzene rings is 3. The Labute approximate surface area is 211 Å². The van der Waals surface area contributed by atoms with Gasteiger partial charge in [-0.05, 0) is 127 Å². The number of terminal acetylenes is 1. The molecule has 2 N–H and O–H groups in total. The van der Waals surface area contributed by atoms with Crippen LogP contribution in [0.3, 0.4) is 0 Å². The number of rotatable bonds is 4. The molecule has 0 amide bonds. The third kappa shape index (κ3) is 3.38. The minimum Gasteiger partial charge on any atom is -0.507 e. The van der Waals surface area contributed by atoms with Gasteiger partial charge in [0.05, 0.1) is 11.4 Å². The van der Waals surface area contributed by atoms with E-state index in [1.54, 1.807) is 12.4 Å². The molecule has 3 aromatic rings. The molecule has 0 heterocycles. The molecule has 4 nitrogen and oxygen atoms in total. The van der Waals surface area contributed by atoms with E-state index >= 15 is 0 Å². The molecule has 4 aliphatic rings. The number of hydrogen-bond donors (Lipinski definition) is 2. The van der Waals surface area contributed by atoms with E-state index < -0.39 is 0 Å². The molecule has 4 aliphatic carbocycles. The van der Waals surface area contributed by atoms with Crippen LogP contribution in [-0.2, 0) is 0 Å². The minimum atomic E-state index is 0.264. The Morgan fingerprint density at radius 1 is 0.667 bits per heavy atom. The molecule has 36 heavy (non-hydrogen) atoms. The van der Waals surface area contributed by atoms with Crippen LogP contribution in [0, 0.1) is 12.3 Å². The molecule has 7 rings (SSSR count). The summed E-state index contributed by atoms with van der Waals surface area (Å²) in [4.78, 5) is 9.39. The summed E-state index contributed by atoms with van der Waals surface area (Å²) in [7, 11) is 0. The predicted octanol–water partition coefficient (Wildman–Crippen LogP) is 7.31. The predicted molar refractivity (Wildman–Crippen MR) is 144 cm³/mol. The van der Waals surface area contributed by atoms with E-state index in [0.29, 0.717) is 46.2 Å². The van der Waals surface area contributed by atoms with Gasteiger partial charge in [0.1, 0.15) is 11.5 Å². The third-order valence-corrected chi connectivity index (χ3v) is 8.92. The number of fused-ring (bicyclic) bond motifs is 10. The van der Waals surface area contributed by atoms with E-state index in [1.807, 2.05) is 30.3 Å². The highest BCUT2D eigenvalue weighted by Gasteiger charge is 2.38. The van der Waals surface area contributed by atoms with Crippen LogP contribution >= 0.6 is 0 Å². The van der Waals surface area contributed by atoms with Gasteiger partial charge in [0.25, 0.3) is 0 Å². The molecule has 0 spiro atoms. The standard InChI is InChI=1S/C32H28N2O2/c1-2-18-3-8-29(33-16-23-12-25-19-4-6-21(10-19)27(25)14-31(23)35)30(9-18)34-17-24-13-26-20-5-7-22(11-20)28(26)15-32(24)36/h1,3,8-9,12-17,19-22,35-36H,4-7,10-11H2. The van der Waals surface area contributed by atoms with Gasteiger partial charge in [-0.15, -0.1) is 6.42 Å². The molecule has 2 saturated carbocycles. The highest BCUT2D eigenvalue weighted by Crippen LogP contribution is 2.55. The number of aromatic hydroxyl groups is 2. The van der Waals surface area contributed by atoms with Gasteiger partial charge in [-0.3, -0.25) is 9.98 Å². The molecule has 178 valence electrons. The first-order chi connectivity index (χ1) is 17.6. The Morgan fingerprint density at radius 3 is 1.64 bits per heavy atom. The van der Waals surface area contributed by atoms with E-state index in [1.165, 1.54) is 60.8 Å². The Balaban J connectivity index is 1.22. The van der Waals surface area contributed by atoms with Crippen LogP contribution in [0.4, 0.5) is 11.4 Å². The molecule has 2 fully saturated rings. The van der Waals surface area contributed by atoms with Crippen molar-refractivity contribution in [3.8, 4) is 23.8 Å². The van der Waals surface area contributed by atoms with Gasteiger partial charge < -0.3 is 10.2 Å². The van der Waals surface area contributed by atoms with Gasteiger partial charge in [-0.1, -0.05) is 5.92 Å². The quantitative estimate of drug-likeness (QED) is 0.309. The van der Waals surface area contributed by atoms with Crippen LogP contribution in [0.5, 0.6) is 11.5 Å². The third-order valence-electron chi connectivity index (χ3n) is 8.92. The van der Waals surface area contributed by atoms with Crippen molar-refractivity contribution >= 4 is 23.8 Å². The topological polar surface area (TPSA) is 65.2 Å². The van der Waals surface area contributed by atoms with Crippen molar-refractivity contribution < 1.29 is 10.2 Å². The summed E-state index contributed by atoms with van der Waals surface area (Å²) in [6.07, 6.45) is 16.4. The fourth-order valence-corrected chi connectivity index (χ4v) is 7.10. The largest absolute Gasteiger partial charge is 0.507 e. The Hall–Kier alpha value is -3.84. The van der Waals surface area contributed by atoms with Crippen molar-refractivity contribution in [3.63, 3.8) is 0 Å². The van der Waals surface area contributed by atoms with Crippen LogP contribution in [-0.4, -0.2) is 22.6 Å². The molecule has 4 atom stereocenters. The second kappa shape index (κ2) is 8.10. The van der Waals surface area contributed by atoms with Crippen molar-refractivity contribution in [1.29, 1.82) is 0 Å². The van der Waals surface area contributed by atoms with E-state index in [4.69, 9.17) is 16.4 Å². The number of phenolic OH excluding ortho intramolecular Hbond substituents is 2. The van der Waals surface area contributed by atoms with Crippen molar-refractivity contribution in [3.05, 3.63) is 81.4 Å².